The molecule has 0 atom stereocenters. The Bertz CT molecular complexity index is 615. The molecule has 108 valence electrons. The molecule has 0 fully saturated rings. The second-order valence-electron chi connectivity index (χ2n) is 4.65. The summed E-state index contributed by atoms with van der Waals surface area (Å²) < 4.78 is 40.0. The van der Waals surface area contributed by atoms with Crippen LogP contribution in [0.15, 0.2) is 24.3 Å². The minimum Gasteiger partial charge on any atom is -0.330 e. The molecule has 1 heterocycles. The van der Waals surface area contributed by atoms with Gasteiger partial charge in [-0.05, 0) is 32.0 Å². The second-order valence-corrected chi connectivity index (χ2v) is 4.65. The summed E-state index contributed by atoms with van der Waals surface area (Å²) in [4.78, 5) is 0. The maximum atomic E-state index is 12.8. The molecular formula is C14H16F3N3. The Hall–Kier alpha value is -1.82. The number of rotatable bonds is 3. The molecule has 2 aromatic rings. The molecule has 0 unspecified atom stereocenters. The second kappa shape index (κ2) is 5.28. The Morgan fingerprint density at radius 1 is 1.30 bits per heavy atom. The van der Waals surface area contributed by atoms with Crippen molar-refractivity contribution in [2.24, 2.45) is 12.8 Å². The van der Waals surface area contributed by atoms with Gasteiger partial charge in [-0.3, -0.25) is 4.68 Å². The van der Waals surface area contributed by atoms with Crippen molar-refractivity contribution in [2.75, 3.05) is 6.54 Å². The van der Waals surface area contributed by atoms with E-state index in [0.29, 0.717) is 24.2 Å². The molecule has 0 aliphatic heterocycles. The Kier molecular flexibility index (Phi) is 3.85. The fraction of sp³-hybridized carbons (Fsp3) is 0.357. The normalized spacial score (nSPS) is 11.9. The van der Waals surface area contributed by atoms with Crippen LogP contribution < -0.4 is 5.73 Å². The van der Waals surface area contributed by atoms with E-state index in [-0.39, 0.29) is 0 Å². The van der Waals surface area contributed by atoms with Gasteiger partial charge in [0.1, 0.15) is 0 Å². The minimum atomic E-state index is -4.35. The van der Waals surface area contributed by atoms with Gasteiger partial charge in [0.15, 0.2) is 0 Å². The largest absolute Gasteiger partial charge is 0.416 e. The van der Waals surface area contributed by atoms with Gasteiger partial charge in [0.25, 0.3) is 0 Å². The van der Waals surface area contributed by atoms with Gasteiger partial charge in [0.05, 0.1) is 17.0 Å². The highest BCUT2D eigenvalue weighted by atomic mass is 19.4. The number of aromatic nitrogens is 2. The van der Waals surface area contributed by atoms with E-state index in [9.17, 15) is 13.2 Å². The number of halogens is 3. The van der Waals surface area contributed by atoms with Crippen LogP contribution in [0.4, 0.5) is 13.2 Å². The molecule has 0 aliphatic rings. The zero-order valence-electron chi connectivity index (χ0n) is 11.3. The highest BCUT2D eigenvalue weighted by Gasteiger charge is 2.30. The molecule has 0 bridgehead atoms. The van der Waals surface area contributed by atoms with Crippen molar-refractivity contribution >= 4 is 0 Å². The molecule has 0 aliphatic carbocycles. The molecule has 0 radical (unpaired) electrons. The standard InChI is InChI=1S/C14H16F3N3/c1-9-12(6-7-18)13(20(2)19-9)10-4-3-5-11(8-10)14(15,16)17/h3-5,8H,6-7,18H2,1-2H3. The molecule has 1 aromatic heterocycles. The van der Waals surface area contributed by atoms with Crippen molar-refractivity contribution in [1.29, 1.82) is 0 Å². The van der Waals surface area contributed by atoms with Crippen LogP contribution in [-0.2, 0) is 19.6 Å². The molecule has 2 N–H and O–H groups in total. The lowest BCUT2D eigenvalue weighted by atomic mass is 10.0. The maximum Gasteiger partial charge on any atom is 0.416 e. The average molecular weight is 283 g/mol. The lowest BCUT2D eigenvalue weighted by molar-refractivity contribution is -0.137. The molecule has 0 saturated carbocycles. The van der Waals surface area contributed by atoms with Gasteiger partial charge in [0.2, 0.25) is 0 Å². The topological polar surface area (TPSA) is 43.8 Å². The first kappa shape index (κ1) is 14.6. The summed E-state index contributed by atoms with van der Waals surface area (Å²) in [5.74, 6) is 0. The van der Waals surface area contributed by atoms with Gasteiger partial charge in [-0.1, -0.05) is 12.1 Å². The van der Waals surface area contributed by atoms with Crippen molar-refractivity contribution in [2.45, 2.75) is 19.5 Å². The van der Waals surface area contributed by atoms with Crippen LogP contribution in [0.1, 0.15) is 16.8 Å². The number of alkyl halides is 3. The van der Waals surface area contributed by atoms with Gasteiger partial charge < -0.3 is 5.73 Å². The number of hydrogen-bond acceptors (Lipinski definition) is 2. The van der Waals surface area contributed by atoms with Crippen molar-refractivity contribution in [3.63, 3.8) is 0 Å². The third kappa shape index (κ3) is 2.70. The molecule has 6 heteroatoms. The fourth-order valence-corrected chi connectivity index (χ4v) is 2.35. The number of benzene rings is 1. The maximum absolute atomic E-state index is 12.8. The SMILES string of the molecule is Cc1nn(C)c(-c2cccc(C(F)(F)F)c2)c1CCN. The highest BCUT2D eigenvalue weighted by Crippen LogP contribution is 2.33. The summed E-state index contributed by atoms with van der Waals surface area (Å²) in [5, 5.41) is 4.28. The average Bonchev–Trinajstić information content (AvgIpc) is 2.64. The van der Waals surface area contributed by atoms with Crippen molar-refractivity contribution in [3.8, 4) is 11.3 Å². The number of hydrogen-bond donors (Lipinski definition) is 1. The van der Waals surface area contributed by atoms with Gasteiger partial charge in [-0.25, -0.2) is 0 Å². The van der Waals surface area contributed by atoms with Crippen molar-refractivity contribution in [1.82, 2.24) is 9.78 Å². The first-order chi connectivity index (χ1) is 9.34. The van der Waals surface area contributed by atoms with E-state index in [4.69, 9.17) is 5.73 Å². The summed E-state index contributed by atoms with van der Waals surface area (Å²) in [5.41, 5.74) is 7.80. The fourth-order valence-electron chi connectivity index (χ4n) is 2.35. The first-order valence-electron chi connectivity index (χ1n) is 6.24. The van der Waals surface area contributed by atoms with Crippen LogP contribution in [-0.4, -0.2) is 16.3 Å². The Morgan fingerprint density at radius 3 is 2.60 bits per heavy atom. The Balaban J connectivity index is 2.57. The molecule has 0 saturated heterocycles. The van der Waals surface area contributed by atoms with Crippen molar-refractivity contribution in [3.05, 3.63) is 41.1 Å². The number of nitrogens with zero attached hydrogens (tertiary/aromatic N) is 2. The lowest BCUT2D eigenvalue weighted by Crippen LogP contribution is -2.07. The number of nitrogens with two attached hydrogens (primary N) is 1. The molecule has 0 spiro atoms. The van der Waals surface area contributed by atoms with Crippen LogP contribution in [0, 0.1) is 6.92 Å². The molecule has 2 rings (SSSR count). The van der Waals surface area contributed by atoms with E-state index in [1.54, 1.807) is 17.8 Å². The first-order valence-corrected chi connectivity index (χ1v) is 6.24. The van der Waals surface area contributed by atoms with Gasteiger partial charge in [-0.15, -0.1) is 0 Å². The highest BCUT2D eigenvalue weighted by molar-refractivity contribution is 5.65. The van der Waals surface area contributed by atoms with Gasteiger partial charge in [-0.2, -0.15) is 18.3 Å². The monoisotopic (exact) mass is 283 g/mol. The number of aryl methyl sites for hydroxylation is 2. The molecule has 20 heavy (non-hydrogen) atoms. The van der Waals surface area contributed by atoms with Crippen LogP contribution in [0.3, 0.4) is 0 Å². The van der Waals surface area contributed by atoms with E-state index in [2.05, 4.69) is 5.10 Å². The molecule has 1 aromatic carbocycles. The third-order valence-electron chi connectivity index (χ3n) is 3.20. The summed E-state index contributed by atoms with van der Waals surface area (Å²) in [7, 11) is 1.72. The molecule has 0 amide bonds. The molecular weight excluding hydrogens is 267 g/mol. The zero-order chi connectivity index (χ0) is 14.9. The summed E-state index contributed by atoms with van der Waals surface area (Å²) in [6.07, 6.45) is -3.76. The van der Waals surface area contributed by atoms with E-state index in [0.717, 1.165) is 23.4 Å². The third-order valence-corrected chi connectivity index (χ3v) is 3.20. The molecule has 3 nitrogen and oxygen atoms in total. The van der Waals surface area contributed by atoms with Crippen LogP contribution in [0.2, 0.25) is 0 Å². The van der Waals surface area contributed by atoms with Crippen LogP contribution in [0.25, 0.3) is 11.3 Å². The minimum absolute atomic E-state index is 0.429. The van der Waals surface area contributed by atoms with E-state index in [1.165, 1.54) is 6.07 Å². The summed E-state index contributed by atoms with van der Waals surface area (Å²) >= 11 is 0. The van der Waals surface area contributed by atoms with E-state index in [1.807, 2.05) is 6.92 Å². The Labute approximate surface area is 115 Å². The quantitative estimate of drug-likeness (QED) is 0.941. The van der Waals surface area contributed by atoms with E-state index < -0.39 is 11.7 Å². The summed E-state index contributed by atoms with van der Waals surface area (Å²) in [6.45, 7) is 2.26. The van der Waals surface area contributed by atoms with Gasteiger partial charge >= 0.3 is 6.18 Å². The van der Waals surface area contributed by atoms with Gasteiger partial charge in [0, 0.05) is 18.2 Å². The van der Waals surface area contributed by atoms with Crippen molar-refractivity contribution < 1.29 is 13.2 Å². The predicted octanol–water partition coefficient (Wildman–Crippen LogP) is 2.92. The van der Waals surface area contributed by atoms with E-state index >= 15 is 0 Å². The lowest BCUT2D eigenvalue weighted by Gasteiger charge is -2.10. The van der Waals surface area contributed by atoms with Crippen LogP contribution >= 0.6 is 0 Å². The zero-order valence-corrected chi connectivity index (χ0v) is 11.3. The van der Waals surface area contributed by atoms with Crippen LogP contribution in [0.5, 0.6) is 0 Å². The smallest absolute Gasteiger partial charge is 0.330 e. The summed E-state index contributed by atoms with van der Waals surface area (Å²) in [6, 6.07) is 5.28. The Morgan fingerprint density at radius 2 is 2.00 bits per heavy atom. The predicted molar refractivity (Wildman–Crippen MR) is 71.1 cm³/mol.